The Kier molecular flexibility index (Phi) is 2.62. The number of rotatable bonds is 1. The van der Waals surface area contributed by atoms with Gasteiger partial charge in [0.1, 0.15) is 6.04 Å². The Morgan fingerprint density at radius 2 is 2.05 bits per heavy atom. The second-order valence-electron chi connectivity index (χ2n) is 4.89. The molecule has 0 bridgehead atoms. The molecule has 97 valence electrons. The lowest BCUT2D eigenvalue weighted by molar-refractivity contribution is -0.136. The van der Waals surface area contributed by atoms with Crippen molar-refractivity contribution in [1.29, 1.82) is 0 Å². The van der Waals surface area contributed by atoms with Gasteiger partial charge < -0.3 is 4.90 Å². The van der Waals surface area contributed by atoms with Crippen molar-refractivity contribution in [1.82, 2.24) is 10.2 Å². The van der Waals surface area contributed by atoms with Gasteiger partial charge in [0.15, 0.2) is 0 Å². The lowest BCUT2D eigenvalue weighted by atomic mass is 10.0. The van der Waals surface area contributed by atoms with E-state index in [0.717, 1.165) is 11.1 Å². The zero-order chi connectivity index (χ0) is 13.6. The average molecular weight is 257 g/mol. The fourth-order valence-electron chi connectivity index (χ4n) is 2.60. The van der Waals surface area contributed by atoms with E-state index in [4.69, 9.17) is 0 Å². The van der Waals surface area contributed by atoms with Crippen LogP contribution < -0.4 is 5.32 Å². The van der Waals surface area contributed by atoms with E-state index >= 15 is 0 Å². The molecular formula is C14H13N2O3. The minimum absolute atomic E-state index is 0.157. The molecule has 2 aliphatic heterocycles. The van der Waals surface area contributed by atoms with Crippen molar-refractivity contribution in [3.05, 3.63) is 41.8 Å². The van der Waals surface area contributed by atoms with Crippen molar-refractivity contribution in [2.75, 3.05) is 0 Å². The summed E-state index contributed by atoms with van der Waals surface area (Å²) in [6, 6.07) is 4.90. The molecule has 3 amide bonds. The van der Waals surface area contributed by atoms with E-state index in [1.54, 1.807) is 6.07 Å². The van der Waals surface area contributed by atoms with E-state index in [2.05, 4.69) is 12.2 Å². The first-order valence-corrected chi connectivity index (χ1v) is 6.16. The monoisotopic (exact) mass is 257 g/mol. The van der Waals surface area contributed by atoms with Gasteiger partial charge >= 0.3 is 0 Å². The van der Waals surface area contributed by atoms with Gasteiger partial charge in [-0.25, -0.2) is 0 Å². The van der Waals surface area contributed by atoms with Crippen LogP contribution in [0.5, 0.6) is 0 Å². The van der Waals surface area contributed by atoms with Crippen LogP contribution in [0.1, 0.15) is 34.3 Å². The summed E-state index contributed by atoms with van der Waals surface area (Å²) in [7, 11) is 0. The molecule has 1 N–H and O–H groups in total. The molecule has 1 saturated heterocycles. The van der Waals surface area contributed by atoms with Gasteiger partial charge in [-0.3, -0.25) is 19.7 Å². The lowest BCUT2D eigenvalue weighted by Crippen LogP contribution is -2.52. The van der Waals surface area contributed by atoms with Crippen molar-refractivity contribution in [3.63, 3.8) is 0 Å². The minimum Gasteiger partial charge on any atom is -0.322 e. The van der Waals surface area contributed by atoms with E-state index in [9.17, 15) is 14.4 Å². The van der Waals surface area contributed by atoms with Crippen LogP contribution in [0.2, 0.25) is 0 Å². The predicted octanol–water partition coefficient (Wildman–Crippen LogP) is 0.630. The number of hydrogen-bond donors (Lipinski definition) is 1. The zero-order valence-corrected chi connectivity index (χ0v) is 10.3. The fourth-order valence-corrected chi connectivity index (χ4v) is 2.60. The average Bonchev–Trinajstić information content (AvgIpc) is 2.67. The molecule has 1 aromatic rings. The molecule has 1 unspecified atom stereocenters. The van der Waals surface area contributed by atoms with Gasteiger partial charge in [-0.05, 0) is 30.5 Å². The first kappa shape index (κ1) is 11.9. The van der Waals surface area contributed by atoms with Crippen LogP contribution in [0.15, 0.2) is 18.2 Å². The molecule has 0 aromatic heterocycles. The van der Waals surface area contributed by atoms with Gasteiger partial charge in [0.05, 0.1) is 0 Å². The summed E-state index contributed by atoms with van der Waals surface area (Å²) in [5, 5.41) is 2.28. The summed E-state index contributed by atoms with van der Waals surface area (Å²) >= 11 is 0. The van der Waals surface area contributed by atoms with Crippen LogP contribution in [0.25, 0.3) is 0 Å². The Balaban J connectivity index is 1.88. The number of hydrogen-bond acceptors (Lipinski definition) is 3. The SMILES string of the molecule is [CH2]c1ccc2c(c1)C(=O)N(C1CCC(=O)NC1=O)C2. The highest BCUT2D eigenvalue weighted by Gasteiger charge is 2.38. The van der Waals surface area contributed by atoms with E-state index in [0.29, 0.717) is 18.5 Å². The molecule has 1 radical (unpaired) electrons. The molecule has 5 heteroatoms. The van der Waals surface area contributed by atoms with Crippen LogP contribution in [0.4, 0.5) is 0 Å². The molecule has 2 aliphatic rings. The van der Waals surface area contributed by atoms with Gasteiger partial charge in [0, 0.05) is 18.5 Å². The van der Waals surface area contributed by atoms with Crippen molar-refractivity contribution in [2.24, 2.45) is 0 Å². The van der Waals surface area contributed by atoms with Crippen molar-refractivity contribution >= 4 is 17.7 Å². The maximum atomic E-state index is 12.3. The molecule has 1 atom stereocenters. The molecule has 5 nitrogen and oxygen atoms in total. The van der Waals surface area contributed by atoms with E-state index in [-0.39, 0.29) is 24.1 Å². The fraction of sp³-hybridized carbons (Fsp3) is 0.286. The van der Waals surface area contributed by atoms with Crippen LogP contribution in [0, 0.1) is 6.92 Å². The third-order valence-corrected chi connectivity index (χ3v) is 3.59. The lowest BCUT2D eigenvalue weighted by Gasteiger charge is -2.29. The Morgan fingerprint density at radius 3 is 2.79 bits per heavy atom. The highest BCUT2D eigenvalue weighted by molar-refractivity contribution is 6.05. The third-order valence-electron chi connectivity index (χ3n) is 3.59. The highest BCUT2D eigenvalue weighted by atomic mass is 16.2. The summed E-state index contributed by atoms with van der Waals surface area (Å²) in [5.74, 6) is -0.812. The third kappa shape index (κ3) is 1.91. The van der Waals surface area contributed by atoms with Crippen molar-refractivity contribution in [3.8, 4) is 0 Å². The topological polar surface area (TPSA) is 66.5 Å². The minimum atomic E-state index is -0.550. The second-order valence-corrected chi connectivity index (χ2v) is 4.89. The zero-order valence-electron chi connectivity index (χ0n) is 10.3. The standard InChI is InChI=1S/C14H13N2O3/c1-8-2-3-9-7-16(14(19)10(9)6-8)11-4-5-12(17)15-13(11)18/h2-3,6,11H,1,4-5,7H2,(H,15,17,18). The van der Waals surface area contributed by atoms with Gasteiger partial charge in [-0.2, -0.15) is 0 Å². The molecule has 19 heavy (non-hydrogen) atoms. The molecule has 1 aromatic carbocycles. The van der Waals surface area contributed by atoms with E-state index in [1.165, 1.54) is 4.90 Å². The summed E-state index contributed by atoms with van der Waals surface area (Å²) in [4.78, 5) is 36.8. The first-order chi connectivity index (χ1) is 9.06. The number of carbonyl (C=O) groups is 3. The number of carbonyl (C=O) groups excluding carboxylic acids is 3. The Hall–Kier alpha value is -2.17. The largest absolute Gasteiger partial charge is 0.322 e. The van der Waals surface area contributed by atoms with Crippen LogP contribution >= 0.6 is 0 Å². The predicted molar refractivity (Wildman–Crippen MR) is 66.9 cm³/mol. The molecule has 1 fully saturated rings. The smallest absolute Gasteiger partial charge is 0.255 e. The van der Waals surface area contributed by atoms with Crippen LogP contribution in [-0.2, 0) is 16.1 Å². The Labute approximate surface area is 110 Å². The maximum Gasteiger partial charge on any atom is 0.255 e. The van der Waals surface area contributed by atoms with Crippen LogP contribution in [-0.4, -0.2) is 28.7 Å². The first-order valence-electron chi connectivity index (χ1n) is 6.16. The maximum absolute atomic E-state index is 12.3. The Bertz CT molecular complexity index is 594. The quantitative estimate of drug-likeness (QED) is 0.750. The molecule has 0 saturated carbocycles. The van der Waals surface area contributed by atoms with E-state index in [1.807, 2.05) is 12.1 Å². The molecule has 0 aliphatic carbocycles. The normalized spacial score (nSPS) is 22.5. The van der Waals surface area contributed by atoms with Crippen LogP contribution in [0.3, 0.4) is 0 Å². The Morgan fingerprint density at radius 1 is 1.26 bits per heavy atom. The summed E-state index contributed by atoms with van der Waals surface area (Å²) < 4.78 is 0. The summed E-state index contributed by atoms with van der Waals surface area (Å²) in [6.07, 6.45) is 0.665. The number of fused-ring (bicyclic) bond motifs is 1. The second kappa shape index (κ2) is 4.19. The van der Waals surface area contributed by atoms with Gasteiger partial charge in [-0.1, -0.05) is 12.1 Å². The number of amides is 3. The van der Waals surface area contributed by atoms with Crippen molar-refractivity contribution in [2.45, 2.75) is 25.4 Å². The van der Waals surface area contributed by atoms with E-state index < -0.39 is 6.04 Å². The number of piperidine rings is 1. The van der Waals surface area contributed by atoms with Gasteiger partial charge in [-0.15, -0.1) is 0 Å². The molecule has 2 heterocycles. The number of imide groups is 1. The highest BCUT2D eigenvalue weighted by Crippen LogP contribution is 2.27. The summed E-state index contributed by atoms with van der Waals surface area (Å²) in [5.41, 5.74) is 2.29. The number of benzene rings is 1. The number of nitrogens with one attached hydrogen (secondary N) is 1. The number of nitrogens with zero attached hydrogens (tertiary/aromatic N) is 1. The molecule has 0 spiro atoms. The van der Waals surface area contributed by atoms with Gasteiger partial charge in [0.25, 0.3) is 5.91 Å². The van der Waals surface area contributed by atoms with Crippen molar-refractivity contribution < 1.29 is 14.4 Å². The van der Waals surface area contributed by atoms with Gasteiger partial charge in [0.2, 0.25) is 11.8 Å². The summed E-state index contributed by atoms with van der Waals surface area (Å²) in [6.45, 7) is 4.22. The molecular weight excluding hydrogens is 244 g/mol. The molecule has 3 rings (SSSR count).